The Balaban J connectivity index is 4.34. The van der Waals surface area contributed by atoms with Crippen LogP contribution in [0.4, 0.5) is 0 Å². The molecule has 0 aliphatic carbocycles. The van der Waals surface area contributed by atoms with E-state index in [2.05, 4.69) is 69.4 Å². The first-order valence-corrected chi connectivity index (χ1v) is 30.6. The highest BCUT2D eigenvalue weighted by molar-refractivity contribution is 5.71. The number of carbonyl (C=O) groups excluding carboxylic acids is 3. The molecule has 0 aliphatic rings. The summed E-state index contributed by atoms with van der Waals surface area (Å²) in [6.07, 6.45) is 72.5. The summed E-state index contributed by atoms with van der Waals surface area (Å²) < 4.78 is 16.9. The van der Waals surface area contributed by atoms with Crippen molar-refractivity contribution < 1.29 is 28.6 Å². The first-order valence-electron chi connectivity index (χ1n) is 30.6. The van der Waals surface area contributed by atoms with Crippen molar-refractivity contribution >= 4 is 17.9 Å². The Bertz CT molecular complexity index is 1220. The molecule has 0 radical (unpaired) electrons. The van der Waals surface area contributed by atoms with E-state index in [-0.39, 0.29) is 31.1 Å². The van der Waals surface area contributed by atoms with Crippen LogP contribution in [-0.4, -0.2) is 37.2 Å². The third-order valence-electron chi connectivity index (χ3n) is 13.6. The fraction of sp³-hybridized carbons (Fsp3) is 0.828. The molecule has 0 saturated heterocycles. The molecule has 0 N–H and O–H groups in total. The zero-order valence-corrected chi connectivity index (χ0v) is 46.8. The number of ether oxygens (including phenoxy) is 3. The number of rotatable bonds is 56. The lowest BCUT2D eigenvalue weighted by Gasteiger charge is -2.18. The van der Waals surface area contributed by atoms with Crippen molar-refractivity contribution in [2.45, 2.75) is 329 Å². The van der Waals surface area contributed by atoms with Crippen molar-refractivity contribution in [1.29, 1.82) is 0 Å². The number of unbranched alkanes of at least 4 members (excludes halogenated alkanes) is 37. The first-order chi connectivity index (χ1) is 34.5. The largest absolute Gasteiger partial charge is 0.462 e. The Hall–Kier alpha value is -2.63. The summed E-state index contributed by atoms with van der Waals surface area (Å²) in [7, 11) is 0. The number of hydrogen-bond donors (Lipinski definition) is 0. The van der Waals surface area contributed by atoms with Crippen molar-refractivity contribution in [2.75, 3.05) is 13.2 Å². The maximum atomic E-state index is 12.9. The van der Waals surface area contributed by atoms with E-state index in [0.29, 0.717) is 19.3 Å². The van der Waals surface area contributed by atoms with E-state index in [1.807, 2.05) is 0 Å². The van der Waals surface area contributed by atoms with Crippen LogP contribution in [0.25, 0.3) is 0 Å². The summed E-state index contributed by atoms with van der Waals surface area (Å²) in [5.74, 6) is -0.882. The summed E-state index contributed by atoms with van der Waals surface area (Å²) in [6, 6.07) is 0. The van der Waals surface area contributed by atoms with E-state index in [1.165, 1.54) is 193 Å². The second-order valence-electron chi connectivity index (χ2n) is 20.6. The molecule has 0 aromatic heterocycles. The number of carbonyl (C=O) groups is 3. The van der Waals surface area contributed by atoms with Gasteiger partial charge in [-0.05, 0) is 83.5 Å². The second kappa shape index (κ2) is 58.9. The smallest absolute Gasteiger partial charge is 0.306 e. The highest BCUT2D eigenvalue weighted by Crippen LogP contribution is 2.17. The van der Waals surface area contributed by atoms with Crippen molar-refractivity contribution in [2.24, 2.45) is 0 Å². The van der Waals surface area contributed by atoms with Crippen LogP contribution >= 0.6 is 0 Å². The molecule has 0 fully saturated rings. The van der Waals surface area contributed by atoms with Gasteiger partial charge in [0.2, 0.25) is 0 Å². The minimum atomic E-state index is -0.782. The molecule has 1 unspecified atom stereocenters. The number of allylic oxidation sites excluding steroid dienone is 8. The van der Waals surface area contributed by atoms with Crippen LogP contribution in [-0.2, 0) is 28.6 Å². The molecule has 70 heavy (non-hydrogen) atoms. The molecular formula is C64H116O6. The summed E-state index contributed by atoms with van der Waals surface area (Å²) in [6.45, 7) is 6.62. The topological polar surface area (TPSA) is 78.9 Å². The predicted molar refractivity (Wildman–Crippen MR) is 302 cm³/mol. The minimum absolute atomic E-state index is 0.0779. The van der Waals surface area contributed by atoms with Gasteiger partial charge in [0.25, 0.3) is 0 Å². The van der Waals surface area contributed by atoms with E-state index in [9.17, 15) is 14.4 Å². The Morgan fingerprint density at radius 3 is 0.857 bits per heavy atom. The maximum Gasteiger partial charge on any atom is 0.306 e. The maximum absolute atomic E-state index is 12.9. The molecule has 0 aromatic carbocycles. The Kier molecular flexibility index (Phi) is 56.7. The second-order valence-corrected chi connectivity index (χ2v) is 20.6. The van der Waals surface area contributed by atoms with Crippen LogP contribution in [0.2, 0.25) is 0 Å². The quantitative estimate of drug-likeness (QED) is 0.0261. The fourth-order valence-electron chi connectivity index (χ4n) is 8.92. The Morgan fingerprint density at radius 2 is 0.514 bits per heavy atom. The van der Waals surface area contributed by atoms with Gasteiger partial charge in [-0.2, -0.15) is 0 Å². The van der Waals surface area contributed by atoms with Gasteiger partial charge in [-0.1, -0.05) is 268 Å². The van der Waals surface area contributed by atoms with Crippen LogP contribution < -0.4 is 0 Å². The van der Waals surface area contributed by atoms with Gasteiger partial charge in [0.1, 0.15) is 13.2 Å². The third-order valence-corrected chi connectivity index (χ3v) is 13.6. The Morgan fingerprint density at radius 1 is 0.286 bits per heavy atom. The molecule has 0 heterocycles. The lowest BCUT2D eigenvalue weighted by Crippen LogP contribution is -2.30. The van der Waals surface area contributed by atoms with Crippen LogP contribution in [0.15, 0.2) is 48.6 Å². The fourth-order valence-corrected chi connectivity index (χ4v) is 8.92. The van der Waals surface area contributed by atoms with E-state index in [4.69, 9.17) is 14.2 Å². The molecule has 0 aromatic rings. The van der Waals surface area contributed by atoms with Crippen molar-refractivity contribution in [3.05, 3.63) is 48.6 Å². The minimum Gasteiger partial charge on any atom is -0.462 e. The summed E-state index contributed by atoms with van der Waals surface area (Å²) in [4.78, 5) is 38.2. The van der Waals surface area contributed by atoms with Gasteiger partial charge in [-0.15, -0.1) is 0 Å². The Labute approximate surface area is 435 Å². The summed E-state index contributed by atoms with van der Waals surface area (Å²) in [5.41, 5.74) is 0. The molecule has 0 aliphatic heterocycles. The monoisotopic (exact) mass is 981 g/mol. The van der Waals surface area contributed by atoms with E-state index >= 15 is 0 Å². The molecule has 0 amide bonds. The molecule has 6 heteroatoms. The molecule has 6 nitrogen and oxygen atoms in total. The third kappa shape index (κ3) is 56.3. The van der Waals surface area contributed by atoms with Crippen LogP contribution in [0.5, 0.6) is 0 Å². The average molecular weight is 982 g/mol. The zero-order chi connectivity index (χ0) is 50.7. The predicted octanol–water partition coefficient (Wildman–Crippen LogP) is 20.6. The zero-order valence-electron chi connectivity index (χ0n) is 46.8. The van der Waals surface area contributed by atoms with E-state index in [0.717, 1.165) is 89.9 Å². The van der Waals surface area contributed by atoms with Crippen LogP contribution in [0.1, 0.15) is 323 Å². The highest BCUT2D eigenvalue weighted by atomic mass is 16.6. The van der Waals surface area contributed by atoms with E-state index < -0.39 is 6.10 Å². The molecule has 0 spiro atoms. The number of esters is 3. The van der Waals surface area contributed by atoms with E-state index in [1.54, 1.807) is 0 Å². The van der Waals surface area contributed by atoms with Gasteiger partial charge < -0.3 is 14.2 Å². The lowest BCUT2D eigenvalue weighted by atomic mass is 10.0. The molecule has 0 bridgehead atoms. The van der Waals surface area contributed by atoms with Gasteiger partial charge in [-0.25, -0.2) is 0 Å². The van der Waals surface area contributed by atoms with Crippen LogP contribution in [0.3, 0.4) is 0 Å². The summed E-state index contributed by atoms with van der Waals surface area (Å²) in [5, 5.41) is 0. The summed E-state index contributed by atoms with van der Waals surface area (Å²) >= 11 is 0. The van der Waals surface area contributed by atoms with Crippen molar-refractivity contribution in [1.82, 2.24) is 0 Å². The highest BCUT2D eigenvalue weighted by Gasteiger charge is 2.19. The van der Waals surface area contributed by atoms with Crippen LogP contribution in [0, 0.1) is 0 Å². The van der Waals surface area contributed by atoms with Gasteiger partial charge in [0, 0.05) is 19.3 Å². The average Bonchev–Trinajstić information content (AvgIpc) is 3.36. The normalized spacial score (nSPS) is 12.3. The molecule has 1 atom stereocenters. The first kappa shape index (κ1) is 67.4. The number of hydrogen-bond acceptors (Lipinski definition) is 6. The molecule has 0 rings (SSSR count). The van der Waals surface area contributed by atoms with Gasteiger partial charge in [0.15, 0.2) is 6.10 Å². The lowest BCUT2D eigenvalue weighted by molar-refractivity contribution is -0.167. The SMILES string of the molecule is CCCCC/C=C\C/C=C\C/C=C\CCCCCCCCC(=O)OC(COC(=O)CCCCCCC/C=C\CCCCCC)COC(=O)CCCCCCCCCCCCCCCCCCCCCC. The standard InChI is InChI=1S/C64H116O6/c1-4-7-10-13-16-19-22-25-27-29-31-33-34-36-39-42-45-48-51-54-57-63(66)69-60-61(59-68-62(65)56-53-50-47-44-41-38-24-21-18-15-12-9-6-3)70-64(67)58-55-52-49-46-43-40-37-35-32-30-28-26-23-20-17-14-11-8-5-2/h17,20-21,24,26,28,32,35,61H,4-16,18-19,22-23,25,27,29-31,33-34,36-60H2,1-3H3/b20-17-,24-21-,28-26-,35-32-. The molecular weight excluding hydrogens is 865 g/mol. The van der Waals surface area contributed by atoms with Gasteiger partial charge in [0.05, 0.1) is 0 Å². The molecule has 0 saturated carbocycles. The molecule has 408 valence electrons. The van der Waals surface area contributed by atoms with Crippen molar-refractivity contribution in [3.8, 4) is 0 Å². The van der Waals surface area contributed by atoms with Crippen molar-refractivity contribution in [3.63, 3.8) is 0 Å². The van der Waals surface area contributed by atoms with Gasteiger partial charge >= 0.3 is 17.9 Å². The van der Waals surface area contributed by atoms with Gasteiger partial charge in [-0.3, -0.25) is 14.4 Å².